The van der Waals surface area contributed by atoms with Crippen molar-refractivity contribution in [2.75, 3.05) is 18.8 Å². The monoisotopic (exact) mass is 487 g/mol. The van der Waals surface area contributed by atoms with E-state index in [4.69, 9.17) is 0 Å². The number of carbonyl (C=O) groups excluding carboxylic acids is 1. The predicted octanol–water partition coefficient (Wildman–Crippen LogP) is 4.23. The van der Waals surface area contributed by atoms with E-state index in [-0.39, 0.29) is 22.6 Å². The van der Waals surface area contributed by atoms with E-state index in [1.165, 1.54) is 27.8 Å². The van der Waals surface area contributed by atoms with Crippen molar-refractivity contribution in [3.63, 3.8) is 0 Å². The SMILES string of the molecule is Cc1ccc([C@H](NC(=O)CSc2ccc(S(=O)(=O)N3CCCC3)cn2)c2cccs2)cc1. The number of aryl methyl sites for hydroxylation is 1. The maximum absolute atomic E-state index is 12.7. The highest BCUT2D eigenvalue weighted by molar-refractivity contribution is 7.99. The number of rotatable bonds is 8. The Labute approximate surface area is 197 Å². The number of pyridine rings is 1. The largest absolute Gasteiger partial charge is 0.344 e. The van der Waals surface area contributed by atoms with Crippen molar-refractivity contribution < 1.29 is 13.2 Å². The summed E-state index contributed by atoms with van der Waals surface area (Å²) in [5, 5.41) is 5.73. The molecular weight excluding hydrogens is 462 g/mol. The van der Waals surface area contributed by atoms with Crippen LogP contribution in [0.1, 0.15) is 34.9 Å². The number of hydrogen-bond donors (Lipinski definition) is 1. The number of nitrogens with one attached hydrogen (secondary N) is 1. The highest BCUT2D eigenvalue weighted by Gasteiger charge is 2.27. The number of nitrogens with zero attached hydrogens (tertiary/aromatic N) is 2. The lowest BCUT2D eigenvalue weighted by molar-refractivity contribution is -0.119. The number of amides is 1. The van der Waals surface area contributed by atoms with Gasteiger partial charge in [-0.25, -0.2) is 13.4 Å². The second-order valence-corrected chi connectivity index (χ2v) is 11.6. The number of aromatic nitrogens is 1. The fourth-order valence-corrected chi connectivity index (χ4v) is 6.48. The van der Waals surface area contributed by atoms with Crippen molar-refractivity contribution in [3.05, 3.63) is 76.1 Å². The van der Waals surface area contributed by atoms with Gasteiger partial charge in [0.2, 0.25) is 15.9 Å². The first kappa shape index (κ1) is 23.0. The second kappa shape index (κ2) is 10.2. The summed E-state index contributed by atoms with van der Waals surface area (Å²) in [5.74, 6) is 0.0865. The minimum atomic E-state index is -3.48. The van der Waals surface area contributed by atoms with Gasteiger partial charge in [0.15, 0.2) is 0 Å². The number of carbonyl (C=O) groups is 1. The minimum Gasteiger partial charge on any atom is -0.344 e. The van der Waals surface area contributed by atoms with E-state index in [1.807, 2.05) is 48.7 Å². The van der Waals surface area contributed by atoms with E-state index in [0.29, 0.717) is 18.1 Å². The van der Waals surface area contributed by atoms with E-state index < -0.39 is 10.0 Å². The molecule has 4 rings (SSSR count). The topological polar surface area (TPSA) is 79.4 Å². The molecule has 6 nitrogen and oxygen atoms in total. The van der Waals surface area contributed by atoms with Gasteiger partial charge in [0, 0.05) is 24.2 Å². The number of benzene rings is 1. The lowest BCUT2D eigenvalue weighted by Gasteiger charge is -2.18. The molecule has 32 heavy (non-hydrogen) atoms. The summed E-state index contributed by atoms with van der Waals surface area (Å²) in [7, 11) is -3.48. The zero-order valence-corrected chi connectivity index (χ0v) is 20.2. The van der Waals surface area contributed by atoms with Crippen molar-refractivity contribution in [2.24, 2.45) is 0 Å². The molecule has 2 aromatic heterocycles. The van der Waals surface area contributed by atoms with Crippen LogP contribution in [-0.2, 0) is 14.8 Å². The van der Waals surface area contributed by atoms with Gasteiger partial charge < -0.3 is 5.32 Å². The molecule has 0 aliphatic carbocycles. The zero-order valence-electron chi connectivity index (χ0n) is 17.7. The normalized spacial score (nSPS) is 15.5. The van der Waals surface area contributed by atoms with E-state index in [1.54, 1.807) is 23.5 Å². The summed E-state index contributed by atoms with van der Waals surface area (Å²) in [4.78, 5) is 18.2. The summed E-state index contributed by atoms with van der Waals surface area (Å²) in [6.07, 6.45) is 3.17. The average molecular weight is 488 g/mol. The third-order valence-electron chi connectivity index (χ3n) is 5.31. The van der Waals surface area contributed by atoms with E-state index >= 15 is 0 Å². The van der Waals surface area contributed by atoms with Crippen LogP contribution in [0, 0.1) is 6.92 Å². The van der Waals surface area contributed by atoms with E-state index in [2.05, 4.69) is 10.3 Å². The van der Waals surface area contributed by atoms with Crippen molar-refractivity contribution in [1.82, 2.24) is 14.6 Å². The van der Waals surface area contributed by atoms with Crippen molar-refractivity contribution in [1.29, 1.82) is 0 Å². The second-order valence-electron chi connectivity index (χ2n) is 7.66. The van der Waals surface area contributed by atoms with E-state index in [0.717, 1.165) is 23.3 Å². The molecule has 1 N–H and O–H groups in total. The molecule has 1 fully saturated rings. The maximum atomic E-state index is 12.7. The Bertz CT molecular complexity index is 1140. The first-order chi connectivity index (χ1) is 15.4. The predicted molar refractivity (Wildman–Crippen MR) is 128 cm³/mol. The van der Waals surface area contributed by atoms with Crippen LogP contribution < -0.4 is 5.32 Å². The first-order valence-corrected chi connectivity index (χ1v) is 13.7. The summed E-state index contributed by atoms with van der Waals surface area (Å²) in [6.45, 7) is 3.16. The van der Waals surface area contributed by atoms with Gasteiger partial charge in [-0.3, -0.25) is 4.79 Å². The maximum Gasteiger partial charge on any atom is 0.244 e. The molecule has 1 aliphatic heterocycles. The molecule has 1 saturated heterocycles. The standard InChI is InChI=1S/C23H25N3O3S3/c1-17-6-8-18(9-7-17)23(20-5-4-14-30-20)25-21(27)16-31-22-11-10-19(15-24-22)32(28,29)26-12-2-3-13-26/h4-11,14-15,23H,2-3,12-13,16H2,1H3,(H,25,27)/t23-/m0/s1. The fourth-order valence-electron chi connectivity index (χ4n) is 3.56. The third-order valence-corrected chi connectivity index (χ3v) is 9.07. The van der Waals surface area contributed by atoms with Gasteiger partial charge in [-0.2, -0.15) is 4.31 Å². The molecule has 1 aliphatic rings. The summed E-state index contributed by atoms with van der Waals surface area (Å²) >= 11 is 2.89. The van der Waals surface area contributed by atoms with Gasteiger partial charge in [-0.1, -0.05) is 47.7 Å². The summed E-state index contributed by atoms with van der Waals surface area (Å²) in [5.41, 5.74) is 2.20. The van der Waals surface area contributed by atoms with E-state index in [9.17, 15) is 13.2 Å². The van der Waals surface area contributed by atoms with Crippen LogP contribution in [0.2, 0.25) is 0 Å². The number of thiophene rings is 1. The van der Waals surface area contributed by atoms with Crippen LogP contribution in [0.25, 0.3) is 0 Å². The van der Waals surface area contributed by atoms with Gasteiger partial charge in [0.05, 0.1) is 16.8 Å². The Morgan fingerprint density at radius 3 is 2.53 bits per heavy atom. The van der Waals surface area contributed by atoms with Gasteiger partial charge in [0.1, 0.15) is 4.90 Å². The number of sulfonamides is 1. The van der Waals surface area contributed by atoms with Crippen molar-refractivity contribution in [3.8, 4) is 0 Å². The Hall–Kier alpha value is -2.20. The lowest BCUT2D eigenvalue weighted by Crippen LogP contribution is -2.30. The van der Waals surface area contributed by atoms with Crippen LogP contribution in [0.15, 0.2) is 70.0 Å². The van der Waals surface area contributed by atoms with Gasteiger partial charge in [-0.15, -0.1) is 11.3 Å². The van der Waals surface area contributed by atoms with Gasteiger partial charge in [-0.05, 0) is 48.9 Å². The van der Waals surface area contributed by atoms with Crippen LogP contribution in [0.5, 0.6) is 0 Å². The molecule has 0 saturated carbocycles. The Kier molecular flexibility index (Phi) is 7.30. The Morgan fingerprint density at radius 2 is 1.91 bits per heavy atom. The van der Waals surface area contributed by atoms with Crippen molar-refractivity contribution >= 4 is 39.0 Å². The molecule has 1 aromatic carbocycles. The van der Waals surface area contributed by atoms with Crippen LogP contribution in [0.4, 0.5) is 0 Å². The van der Waals surface area contributed by atoms with Crippen molar-refractivity contribution in [2.45, 2.75) is 35.7 Å². The molecule has 0 unspecified atom stereocenters. The third kappa shape index (κ3) is 5.40. The molecule has 0 bridgehead atoms. The molecule has 0 spiro atoms. The van der Waals surface area contributed by atoms with Gasteiger partial charge in [0.25, 0.3) is 0 Å². The molecule has 9 heteroatoms. The lowest BCUT2D eigenvalue weighted by atomic mass is 10.0. The Morgan fingerprint density at radius 1 is 1.16 bits per heavy atom. The quantitative estimate of drug-likeness (QED) is 0.481. The highest BCUT2D eigenvalue weighted by atomic mass is 32.2. The average Bonchev–Trinajstić information content (AvgIpc) is 3.52. The van der Waals surface area contributed by atoms with Gasteiger partial charge >= 0.3 is 0 Å². The molecule has 1 atom stereocenters. The highest BCUT2D eigenvalue weighted by Crippen LogP contribution is 2.27. The fraction of sp³-hybridized carbons (Fsp3) is 0.304. The number of thioether (sulfide) groups is 1. The molecule has 1 amide bonds. The summed E-state index contributed by atoms with van der Waals surface area (Å²) < 4.78 is 26.7. The smallest absolute Gasteiger partial charge is 0.244 e. The minimum absolute atomic E-state index is 0.107. The molecule has 3 heterocycles. The molecule has 0 radical (unpaired) electrons. The van der Waals surface area contributed by atoms with Crippen LogP contribution in [-0.4, -0.2) is 42.5 Å². The zero-order chi connectivity index (χ0) is 22.6. The first-order valence-electron chi connectivity index (χ1n) is 10.4. The van der Waals surface area contributed by atoms with Crippen LogP contribution >= 0.6 is 23.1 Å². The molecular formula is C23H25N3O3S3. The summed E-state index contributed by atoms with van der Waals surface area (Å²) in [6, 6.07) is 15.2. The Balaban J connectivity index is 1.39. The number of hydrogen-bond acceptors (Lipinski definition) is 6. The molecule has 168 valence electrons. The molecule has 3 aromatic rings. The van der Waals surface area contributed by atoms with Crippen LogP contribution in [0.3, 0.4) is 0 Å².